The molecule has 0 saturated carbocycles. The summed E-state index contributed by atoms with van der Waals surface area (Å²) in [4.78, 5) is 10.4. The summed E-state index contributed by atoms with van der Waals surface area (Å²) in [6, 6.07) is 0. The van der Waals surface area contributed by atoms with Crippen molar-refractivity contribution in [2.75, 3.05) is 6.61 Å². The van der Waals surface area contributed by atoms with E-state index >= 15 is 0 Å². The molecule has 0 amide bonds. The smallest absolute Gasteiger partial charge is 0.302 e. The Morgan fingerprint density at radius 2 is 2.06 bits per heavy atom. The molecule has 0 fully saturated rings. The summed E-state index contributed by atoms with van der Waals surface area (Å²) >= 11 is 0. The summed E-state index contributed by atoms with van der Waals surface area (Å²) in [6.45, 7) is 3.35. The molecule has 0 N–H and O–H groups in total. The number of carbonyl (C=O) groups excluding carboxylic acids is 1. The molecule has 0 atom stereocenters. The van der Waals surface area contributed by atoms with Gasteiger partial charge in [0.15, 0.2) is 0 Å². The van der Waals surface area contributed by atoms with Crippen molar-refractivity contribution < 1.29 is 18.3 Å². The van der Waals surface area contributed by atoms with Gasteiger partial charge in [-0.3, -0.25) is 4.79 Å². The third-order valence-corrected chi connectivity index (χ3v) is 2.05. The van der Waals surface area contributed by atoms with Crippen molar-refractivity contribution in [3.8, 4) is 0 Å². The summed E-state index contributed by atoms with van der Waals surface area (Å²) < 4.78 is 30.9. The van der Waals surface area contributed by atoms with E-state index in [-0.39, 0.29) is 19.4 Å². The molecule has 94 valence electrons. The topological polar surface area (TPSA) is 26.3 Å². The Bertz CT molecular complexity index is 225. The number of unbranched alkanes of at least 4 members (excludes halogenated alkanes) is 2. The van der Waals surface area contributed by atoms with Gasteiger partial charge in [0.25, 0.3) is 5.92 Å². The summed E-state index contributed by atoms with van der Waals surface area (Å²) in [6.07, 6.45) is 5.01. The number of esters is 1. The standard InChI is InChI=1S/C12H20F2O2/c1-3-4-5-6-8-12(13,14)9-7-10-16-11(2)15/h6,8H,3-5,7,9-10H2,1-2H3/b8-6+. The lowest BCUT2D eigenvalue weighted by atomic mass is 10.1. The van der Waals surface area contributed by atoms with Gasteiger partial charge < -0.3 is 4.74 Å². The monoisotopic (exact) mass is 234 g/mol. The fourth-order valence-electron chi connectivity index (χ4n) is 1.18. The van der Waals surface area contributed by atoms with Crippen molar-refractivity contribution in [1.82, 2.24) is 0 Å². The minimum absolute atomic E-state index is 0.0632. The molecule has 0 aliphatic carbocycles. The maximum atomic E-state index is 13.1. The molecular weight excluding hydrogens is 214 g/mol. The zero-order valence-corrected chi connectivity index (χ0v) is 9.97. The van der Waals surface area contributed by atoms with Gasteiger partial charge in [-0.1, -0.05) is 25.8 Å². The van der Waals surface area contributed by atoms with E-state index in [0.29, 0.717) is 6.42 Å². The second kappa shape index (κ2) is 8.25. The molecule has 2 nitrogen and oxygen atoms in total. The zero-order chi connectivity index (χ0) is 12.4. The molecule has 0 spiro atoms. The van der Waals surface area contributed by atoms with Crippen LogP contribution >= 0.6 is 0 Å². The molecular formula is C12H20F2O2. The van der Waals surface area contributed by atoms with Crippen LogP contribution in [-0.2, 0) is 9.53 Å². The van der Waals surface area contributed by atoms with Crippen molar-refractivity contribution in [3.05, 3.63) is 12.2 Å². The first-order valence-electron chi connectivity index (χ1n) is 5.67. The molecule has 0 heterocycles. The first kappa shape index (κ1) is 15.1. The Labute approximate surface area is 95.7 Å². The predicted octanol–water partition coefficient (Wildman–Crippen LogP) is 3.71. The molecule has 0 aliphatic heterocycles. The SMILES string of the molecule is CCCC/C=C/C(F)(F)CCCOC(C)=O. The second-order valence-corrected chi connectivity index (χ2v) is 3.75. The molecule has 0 unspecified atom stereocenters. The van der Waals surface area contributed by atoms with Gasteiger partial charge in [-0.05, 0) is 18.9 Å². The van der Waals surface area contributed by atoms with Crippen LogP contribution in [0.5, 0.6) is 0 Å². The average molecular weight is 234 g/mol. The first-order valence-corrected chi connectivity index (χ1v) is 5.67. The molecule has 0 bridgehead atoms. The van der Waals surface area contributed by atoms with Gasteiger partial charge in [-0.15, -0.1) is 0 Å². The molecule has 16 heavy (non-hydrogen) atoms. The highest BCUT2D eigenvalue weighted by Crippen LogP contribution is 2.22. The third-order valence-electron chi connectivity index (χ3n) is 2.05. The van der Waals surface area contributed by atoms with E-state index < -0.39 is 11.9 Å². The van der Waals surface area contributed by atoms with Crippen LogP contribution in [0.2, 0.25) is 0 Å². The van der Waals surface area contributed by atoms with E-state index in [1.165, 1.54) is 13.0 Å². The van der Waals surface area contributed by atoms with Crippen LogP contribution in [0, 0.1) is 0 Å². The Balaban J connectivity index is 3.68. The lowest BCUT2D eigenvalue weighted by molar-refractivity contribution is -0.141. The number of hydrogen-bond acceptors (Lipinski definition) is 2. The van der Waals surface area contributed by atoms with Crippen molar-refractivity contribution in [1.29, 1.82) is 0 Å². The van der Waals surface area contributed by atoms with Gasteiger partial charge in [0.2, 0.25) is 0 Å². The number of carbonyl (C=O) groups is 1. The van der Waals surface area contributed by atoms with Gasteiger partial charge in [-0.2, -0.15) is 0 Å². The summed E-state index contributed by atoms with van der Waals surface area (Å²) in [7, 11) is 0. The number of alkyl halides is 2. The van der Waals surface area contributed by atoms with Crippen LogP contribution in [0.1, 0.15) is 46.0 Å². The molecule has 0 rings (SSSR count). The molecule has 0 radical (unpaired) electrons. The van der Waals surface area contributed by atoms with Crippen molar-refractivity contribution in [2.24, 2.45) is 0 Å². The third kappa shape index (κ3) is 9.62. The van der Waals surface area contributed by atoms with Crippen LogP contribution in [-0.4, -0.2) is 18.5 Å². The number of ether oxygens (including phenoxy) is 1. The van der Waals surface area contributed by atoms with Crippen molar-refractivity contribution >= 4 is 5.97 Å². The highest BCUT2D eigenvalue weighted by atomic mass is 19.3. The summed E-state index contributed by atoms with van der Waals surface area (Å²) in [5, 5.41) is 0. The second-order valence-electron chi connectivity index (χ2n) is 3.75. The van der Waals surface area contributed by atoms with E-state index in [0.717, 1.165) is 18.9 Å². The maximum Gasteiger partial charge on any atom is 0.302 e. The molecule has 0 aromatic rings. The molecule has 0 aromatic heterocycles. The van der Waals surface area contributed by atoms with E-state index in [2.05, 4.69) is 4.74 Å². The highest BCUT2D eigenvalue weighted by molar-refractivity contribution is 5.65. The number of rotatable bonds is 8. The minimum Gasteiger partial charge on any atom is -0.466 e. The molecule has 4 heteroatoms. The van der Waals surface area contributed by atoms with Gasteiger partial charge in [0, 0.05) is 13.3 Å². The highest BCUT2D eigenvalue weighted by Gasteiger charge is 2.23. The van der Waals surface area contributed by atoms with Crippen LogP contribution < -0.4 is 0 Å². The molecule has 0 aliphatic rings. The van der Waals surface area contributed by atoms with Crippen LogP contribution in [0.25, 0.3) is 0 Å². The van der Waals surface area contributed by atoms with Crippen LogP contribution in [0.4, 0.5) is 8.78 Å². The van der Waals surface area contributed by atoms with E-state index in [9.17, 15) is 13.6 Å². The first-order chi connectivity index (χ1) is 7.48. The van der Waals surface area contributed by atoms with Crippen molar-refractivity contribution in [2.45, 2.75) is 51.9 Å². The number of halogens is 2. The summed E-state index contributed by atoms with van der Waals surface area (Å²) in [5.41, 5.74) is 0. The zero-order valence-electron chi connectivity index (χ0n) is 9.97. The number of hydrogen-bond donors (Lipinski definition) is 0. The Morgan fingerprint density at radius 1 is 1.38 bits per heavy atom. The fourth-order valence-corrected chi connectivity index (χ4v) is 1.18. The van der Waals surface area contributed by atoms with Gasteiger partial charge >= 0.3 is 5.97 Å². The molecule has 0 aromatic carbocycles. The van der Waals surface area contributed by atoms with E-state index in [1.807, 2.05) is 6.92 Å². The van der Waals surface area contributed by atoms with Crippen molar-refractivity contribution in [3.63, 3.8) is 0 Å². The Morgan fingerprint density at radius 3 is 2.62 bits per heavy atom. The summed E-state index contributed by atoms with van der Waals surface area (Å²) in [5.74, 6) is -3.21. The maximum absolute atomic E-state index is 13.1. The Hall–Kier alpha value is -0.930. The minimum atomic E-state index is -2.78. The lowest BCUT2D eigenvalue weighted by Crippen LogP contribution is -2.13. The largest absolute Gasteiger partial charge is 0.466 e. The fraction of sp³-hybridized carbons (Fsp3) is 0.750. The lowest BCUT2D eigenvalue weighted by Gasteiger charge is -2.11. The Kier molecular flexibility index (Phi) is 7.77. The van der Waals surface area contributed by atoms with E-state index in [4.69, 9.17) is 0 Å². The number of allylic oxidation sites excluding steroid dienone is 2. The molecule has 0 saturated heterocycles. The van der Waals surface area contributed by atoms with Crippen LogP contribution in [0.15, 0.2) is 12.2 Å². The van der Waals surface area contributed by atoms with Gasteiger partial charge in [0.1, 0.15) is 0 Å². The normalized spacial score (nSPS) is 12.0. The van der Waals surface area contributed by atoms with Gasteiger partial charge in [-0.25, -0.2) is 8.78 Å². The van der Waals surface area contributed by atoms with Crippen LogP contribution in [0.3, 0.4) is 0 Å². The quantitative estimate of drug-likeness (QED) is 0.363. The van der Waals surface area contributed by atoms with Gasteiger partial charge in [0.05, 0.1) is 6.61 Å². The predicted molar refractivity (Wildman–Crippen MR) is 59.5 cm³/mol. The average Bonchev–Trinajstić information content (AvgIpc) is 2.19. The van der Waals surface area contributed by atoms with E-state index in [1.54, 1.807) is 0 Å².